The zero-order valence-electron chi connectivity index (χ0n) is 17.8. The summed E-state index contributed by atoms with van der Waals surface area (Å²) in [6.07, 6.45) is 5.48. The van der Waals surface area contributed by atoms with E-state index in [1.54, 1.807) is 24.4 Å². The third kappa shape index (κ3) is 4.53. The third-order valence-corrected chi connectivity index (χ3v) is 7.31. The highest BCUT2D eigenvalue weighted by Crippen LogP contribution is 2.32. The lowest BCUT2D eigenvalue weighted by molar-refractivity contribution is 0.102. The van der Waals surface area contributed by atoms with Gasteiger partial charge in [0.2, 0.25) is 10.0 Å². The van der Waals surface area contributed by atoms with Gasteiger partial charge in [0.25, 0.3) is 5.91 Å². The molecule has 7 nitrogen and oxygen atoms in total. The van der Waals surface area contributed by atoms with Gasteiger partial charge in [0.15, 0.2) is 0 Å². The summed E-state index contributed by atoms with van der Waals surface area (Å²) in [5, 5.41) is 3.02. The summed E-state index contributed by atoms with van der Waals surface area (Å²) < 4.78 is 24.9. The Labute approximate surface area is 197 Å². The van der Waals surface area contributed by atoms with Crippen LogP contribution in [0, 0.1) is 0 Å². The number of halogens is 1. The molecule has 2 aromatic carbocycles. The largest absolute Gasteiger partial charge is 0.322 e. The molecule has 33 heavy (non-hydrogen) atoms. The number of hydrogen-bond donors (Lipinski definition) is 1. The van der Waals surface area contributed by atoms with Crippen LogP contribution < -0.4 is 9.62 Å². The number of carbonyl (C=O) groups excluding carboxylic acids is 1. The summed E-state index contributed by atoms with van der Waals surface area (Å²) in [6.45, 7) is 5.94. The number of aliphatic imine (C=N–C) groups is 1. The number of nitrogens with zero attached hydrogens (tertiary/aromatic N) is 3. The minimum absolute atomic E-state index is 0.111. The fourth-order valence-electron chi connectivity index (χ4n) is 3.57. The fourth-order valence-corrected chi connectivity index (χ4v) is 4.93. The van der Waals surface area contributed by atoms with Crippen LogP contribution in [0.15, 0.2) is 65.8 Å². The van der Waals surface area contributed by atoms with Gasteiger partial charge in [-0.25, -0.2) is 8.42 Å². The first-order valence-corrected chi connectivity index (χ1v) is 12.1. The van der Waals surface area contributed by atoms with Gasteiger partial charge in [-0.15, -0.1) is 0 Å². The molecule has 0 unspecified atom stereocenters. The van der Waals surface area contributed by atoms with E-state index in [1.165, 1.54) is 16.4 Å². The van der Waals surface area contributed by atoms with Gasteiger partial charge in [0, 0.05) is 29.6 Å². The minimum atomic E-state index is -3.26. The van der Waals surface area contributed by atoms with Crippen molar-refractivity contribution in [3.05, 3.63) is 77.0 Å². The Morgan fingerprint density at radius 2 is 2.06 bits per heavy atom. The molecular weight excluding hydrogens is 460 g/mol. The van der Waals surface area contributed by atoms with Crippen LogP contribution in [0.3, 0.4) is 0 Å². The number of anilines is 2. The summed E-state index contributed by atoms with van der Waals surface area (Å²) in [4.78, 5) is 21.4. The first-order chi connectivity index (χ1) is 15.8. The Kier molecular flexibility index (Phi) is 6.31. The normalized spacial score (nSPS) is 14.7. The van der Waals surface area contributed by atoms with Crippen molar-refractivity contribution in [3.63, 3.8) is 0 Å². The molecule has 3 aromatic rings. The minimum Gasteiger partial charge on any atom is -0.322 e. The van der Waals surface area contributed by atoms with Crippen LogP contribution in [-0.2, 0) is 10.0 Å². The molecule has 1 fully saturated rings. The molecule has 1 N–H and O–H groups in total. The van der Waals surface area contributed by atoms with Crippen LogP contribution in [0.25, 0.3) is 17.3 Å². The Morgan fingerprint density at radius 3 is 2.70 bits per heavy atom. The SMILES string of the molecule is C=Nc1ccnc(-c2cccc(NC(=O)c3ccc(N4CCS4(=O)=O)cc3Cl)c2)c1/C=C\C. The second-order valence-corrected chi connectivity index (χ2v) is 9.76. The van der Waals surface area contributed by atoms with Crippen LogP contribution in [0.5, 0.6) is 0 Å². The van der Waals surface area contributed by atoms with Crippen molar-refractivity contribution in [1.82, 2.24) is 4.98 Å². The summed E-state index contributed by atoms with van der Waals surface area (Å²) in [7, 11) is -3.26. The van der Waals surface area contributed by atoms with Crippen molar-refractivity contribution in [1.29, 1.82) is 0 Å². The van der Waals surface area contributed by atoms with Crippen molar-refractivity contribution >= 4 is 57.4 Å². The van der Waals surface area contributed by atoms with Gasteiger partial charge in [0.05, 0.1) is 33.4 Å². The maximum Gasteiger partial charge on any atom is 0.257 e. The highest BCUT2D eigenvalue weighted by molar-refractivity contribution is 7.94. The lowest BCUT2D eigenvalue weighted by Gasteiger charge is -2.32. The zero-order valence-corrected chi connectivity index (χ0v) is 19.4. The molecule has 0 saturated carbocycles. The molecule has 0 radical (unpaired) electrons. The van der Waals surface area contributed by atoms with E-state index in [0.717, 1.165) is 11.1 Å². The molecule has 1 saturated heterocycles. The first kappa shape index (κ1) is 22.7. The second-order valence-electron chi connectivity index (χ2n) is 7.34. The molecule has 1 aliphatic heterocycles. The molecule has 1 amide bonds. The third-order valence-electron chi connectivity index (χ3n) is 5.24. The molecule has 2 heterocycles. The first-order valence-electron chi connectivity index (χ1n) is 10.1. The number of sulfonamides is 1. The highest BCUT2D eigenvalue weighted by Gasteiger charge is 2.33. The van der Waals surface area contributed by atoms with E-state index in [-0.39, 0.29) is 16.3 Å². The Balaban J connectivity index is 1.60. The number of nitrogens with one attached hydrogen (secondary N) is 1. The fraction of sp³-hybridized carbons (Fsp3) is 0.125. The van der Waals surface area contributed by atoms with Crippen molar-refractivity contribution < 1.29 is 13.2 Å². The molecule has 4 rings (SSSR count). The van der Waals surface area contributed by atoms with Crippen molar-refractivity contribution in [2.45, 2.75) is 6.92 Å². The van der Waals surface area contributed by atoms with Gasteiger partial charge in [0.1, 0.15) is 0 Å². The number of carbonyl (C=O) groups is 1. The van der Waals surface area contributed by atoms with E-state index < -0.39 is 15.9 Å². The summed E-state index contributed by atoms with van der Waals surface area (Å²) in [5.41, 5.74) is 4.32. The summed E-state index contributed by atoms with van der Waals surface area (Å²) in [5.74, 6) is -0.294. The standard InChI is InChI=1S/C24H21ClN4O3S/c1-3-5-20-22(26-2)10-11-27-23(20)16-6-4-7-17(14-16)28-24(30)19-9-8-18(15-21(19)25)29-12-13-33(29,31)32/h3-11,14-15H,2,12-13H2,1H3,(H,28,30)/b5-3-. The topological polar surface area (TPSA) is 91.7 Å². The monoisotopic (exact) mass is 480 g/mol. The van der Waals surface area contributed by atoms with Gasteiger partial charge < -0.3 is 5.32 Å². The molecular formula is C24H21ClN4O3S. The molecule has 1 aliphatic rings. The summed E-state index contributed by atoms with van der Waals surface area (Å²) >= 11 is 6.31. The van der Waals surface area contributed by atoms with Crippen LogP contribution in [0.4, 0.5) is 17.1 Å². The van der Waals surface area contributed by atoms with Crippen LogP contribution in [0.1, 0.15) is 22.8 Å². The van der Waals surface area contributed by atoms with Gasteiger partial charge in [-0.3, -0.25) is 19.1 Å². The molecule has 0 bridgehead atoms. The van der Waals surface area contributed by atoms with Crippen molar-refractivity contribution in [2.24, 2.45) is 4.99 Å². The lowest BCUT2D eigenvalue weighted by Crippen LogP contribution is -2.47. The number of amides is 1. The van der Waals surface area contributed by atoms with E-state index in [2.05, 4.69) is 22.0 Å². The van der Waals surface area contributed by atoms with Gasteiger partial charge in [-0.05, 0) is 50.0 Å². The number of allylic oxidation sites excluding steroid dienone is 1. The Morgan fingerprint density at radius 1 is 1.24 bits per heavy atom. The van der Waals surface area contributed by atoms with E-state index >= 15 is 0 Å². The number of benzene rings is 2. The van der Waals surface area contributed by atoms with E-state index in [4.69, 9.17) is 11.6 Å². The van der Waals surface area contributed by atoms with Crippen LogP contribution in [0.2, 0.25) is 5.02 Å². The number of rotatable bonds is 6. The second kappa shape index (κ2) is 9.17. The van der Waals surface area contributed by atoms with E-state index in [0.29, 0.717) is 29.3 Å². The number of pyridine rings is 1. The molecule has 9 heteroatoms. The van der Waals surface area contributed by atoms with E-state index in [1.807, 2.05) is 37.3 Å². The number of hydrogen-bond acceptors (Lipinski definition) is 5. The maximum absolute atomic E-state index is 12.9. The van der Waals surface area contributed by atoms with Gasteiger partial charge in [-0.2, -0.15) is 0 Å². The van der Waals surface area contributed by atoms with Gasteiger partial charge in [-0.1, -0.05) is 35.9 Å². The predicted octanol–water partition coefficient (Wildman–Crippen LogP) is 5.17. The van der Waals surface area contributed by atoms with Crippen LogP contribution >= 0.6 is 11.6 Å². The Hall–Kier alpha value is -3.49. The molecule has 0 spiro atoms. The molecule has 1 aromatic heterocycles. The van der Waals surface area contributed by atoms with Crippen LogP contribution in [-0.4, -0.2) is 38.3 Å². The number of aromatic nitrogens is 1. The van der Waals surface area contributed by atoms with Gasteiger partial charge >= 0.3 is 0 Å². The smallest absolute Gasteiger partial charge is 0.257 e. The average Bonchev–Trinajstić information content (AvgIpc) is 2.79. The molecule has 0 atom stereocenters. The van der Waals surface area contributed by atoms with E-state index in [9.17, 15) is 13.2 Å². The molecule has 168 valence electrons. The average molecular weight is 481 g/mol. The maximum atomic E-state index is 12.9. The van der Waals surface area contributed by atoms with Crippen molar-refractivity contribution in [2.75, 3.05) is 21.9 Å². The quantitative estimate of drug-likeness (QED) is 0.492. The van der Waals surface area contributed by atoms with Crippen molar-refractivity contribution in [3.8, 4) is 11.3 Å². The summed E-state index contributed by atoms with van der Waals surface area (Å²) in [6, 6.07) is 13.7. The Bertz CT molecular complexity index is 1390. The zero-order chi connectivity index (χ0) is 23.6. The highest BCUT2D eigenvalue weighted by atomic mass is 35.5. The lowest BCUT2D eigenvalue weighted by atomic mass is 10.0. The predicted molar refractivity (Wildman–Crippen MR) is 134 cm³/mol. The molecule has 0 aliphatic carbocycles.